The zero-order valence-electron chi connectivity index (χ0n) is 10.3. The number of aliphatic hydroxyl groups excluding tert-OH is 1. The molecule has 1 unspecified atom stereocenters. The van der Waals surface area contributed by atoms with E-state index in [4.69, 9.17) is 16.3 Å². The number of ether oxygens (including phenoxy) is 1. The van der Waals surface area contributed by atoms with E-state index in [-0.39, 0.29) is 0 Å². The summed E-state index contributed by atoms with van der Waals surface area (Å²) in [4.78, 5) is 0. The lowest BCUT2D eigenvalue weighted by atomic mass is 10.1. The number of hydrogen-bond acceptors (Lipinski definition) is 3. The van der Waals surface area contributed by atoms with Crippen molar-refractivity contribution in [3.05, 3.63) is 64.2 Å². The van der Waals surface area contributed by atoms with Crippen LogP contribution in [-0.4, -0.2) is 5.11 Å². The molecule has 3 nitrogen and oxygen atoms in total. The van der Waals surface area contributed by atoms with E-state index in [1.54, 1.807) is 0 Å². The van der Waals surface area contributed by atoms with Crippen LogP contribution in [0.15, 0.2) is 42.5 Å². The van der Waals surface area contributed by atoms with E-state index < -0.39 is 6.23 Å². The molecule has 2 aromatic rings. The highest BCUT2D eigenvalue weighted by atomic mass is 35.5. The van der Waals surface area contributed by atoms with E-state index >= 15 is 0 Å². The summed E-state index contributed by atoms with van der Waals surface area (Å²) >= 11 is 5.84. The molecule has 0 aliphatic carbocycles. The highest BCUT2D eigenvalue weighted by molar-refractivity contribution is 6.30. The van der Waals surface area contributed by atoms with Gasteiger partial charge in [0.2, 0.25) is 0 Å². The molecular weight excluding hydrogens is 262 g/mol. The van der Waals surface area contributed by atoms with E-state index in [9.17, 15) is 5.11 Å². The first-order valence-corrected chi connectivity index (χ1v) is 6.52. The third kappa shape index (κ3) is 2.59. The normalized spacial score (nSPS) is 17.3. The molecule has 19 heavy (non-hydrogen) atoms. The second kappa shape index (κ2) is 5.21. The molecule has 0 bridgehead atoms. The lowest BCUT2D eigenvalue weighted by molar-refractivity contribution is 0.146. The van der Waals surface area contributed by atoms with Gasteiger partial charge in [-0.3, -0.25) is 5.32 Å². The summed E-state index contributed by atoms with van der Waals surface area (Å²) in [6.45, 7) is 1.13. The van der Waals surface area contributed by atoms with Crippen LogP contribution in [0.4, 0.5) is 0 Å². The van der Waals surface area contributed by atoms with Crippen LogP contribution >= 0.6 is 11.6 Å². The van der Waals surface area contributed by atoms with Crippen molar-refractivity contribution in [3.63, 3.8) is 0 Å². The van der Waals surface area contributed by atoms with E-state index in [0.29, 0.717) is 18.2 Å². The summed E-state index contributed by atoms with van der Waals surface area (Å²) in [6.07, 6.45) is -0.642. The molecule has 2 aromatic carbocycles. The zero-order valence-corrected chi connectivity index (χ0v) is 11.0. The number of aliphatic hydroxyl groups is 1. The molecule has 0 aromatic heterocycles. The number of fused-ring (bicyclic) bond motifs is 1. The van der Waals surface area contributed by atoms with Crippen LogP contribution < -0.4 is 10.1 Å². The Morgan fingerprint density at radius 1 is 1.21 bits per heavy atom. The molecule has 0 amide bonds. The summed E-state index contributed by atoms with van der Waals surface area (Å²) in [5.41, 5.74) is 2.97. The van der Waals surface area contributed by atoms with E-state index in [1.807, 2.05) is 42.5 Å². The third-order valence-electron chi connectivity index (χ3n) is 3.22. The molecule has 3 rings (SSSR count). The van der Waals surface area contributed by atoms with Gasteiger partial charge in [0.1, 0.15) is 18.6 Å². The van der Waals surface area contributed by atoms with Crippen LogP contribution in [0.3, 0.4) is 0 Å². The second-order valence-electron chi connectivity index (χ2n) is 4.53. The number of benzene rings is 2. The first-order valence-electron chi connectivity index (χ1n) is 6.14. The fourth-order valence-corrected chi connectivity index (χ4v) is 2.36. The maximum Gasteiger partial charge on any atom is 0.135 e. The predicted molar refractivity (Wildman–Crippen MR) is 74.0 cm³/mol. The summed E-state index contributed by atoms with van der Waals surface area (Å²) in [7, 11) is 0. The molecule has 98 valence electrons. The average Bonchev–Trinajstić information content (AvgIpc) is 2.81. The van der Waals surface area contributed by atoms with Gasteiger partial charge in [-0.2, -0.15) is 0 Å². The molecular formula is C15H14ClNO2. The first kappa shape index (κ1) is 12.5. The van der Waals surface area contributed by atoms with Gasteiger partial charge in [-0.15, -0.1) is 0 Å². The van der Waals surface area contributed by atoms with Gasteiger partial charge in [0.25, 0.3) is 0 Å². The molecule has 0 radical (unpaired) electrons. The highest BCUT2D eigenvalue weighted by Gasteiger charge is 2.23. The smallest absolute Gasteiger partial charge is 0.135 e. The fourth-order valence-electron chi connectivity index (χ4n) is 2.23. The fraction of sp³-hybridized carbons (Fsp3) is 0.200. The SMILES string of the molecule is OC1NCc2cccc(OCc3ccc(Cl)cc3)c21. The molecule has 0 fully saturated rings. The maximum atomic E-state index is 9.89. The Bertz CT molecular complexity index is 583. The van der Waals surface area contributed by atoms with Crippen molar-refractivity contribution in [1.29, 1.82) is 0 Å². The number of nitrogens with one attached hydrogen (secondary N) is 1. The summed E-state index contributed by atoms with van der Waals surface area (Å²) < 4.78 is 5.80. The Kier molecular flexibility index (Phi) is 3.42. The van der Waals surface area contributed by atoms with Crippen LogP contribution in [0.25, 0.3) is 0 Å². The molecule has 0 spiro atoms. The number of halogens is 1. The van der Waals surface area contributed by atoms with Gasteiger partial charge in [0.15, 0.2) is 0 Å². The van der Waals surface area contributed by atoms with Gasteiger partial charge >= 0.3 is 0 Å². The molecule has 1 aliphatic heterocycles. The minimum absolute atomic E-state index is 0.459. The summed E-state index contributed by atoms with van der Waals surface area (Å²) in [6, 6.07) is 13.4. The Labute approximate surface area is 116 Å². The summed E-state index contributed by atoms with van der Waals surface area (Å²) in [5, 5.41) is 13.6. The average molecular weight is 276 g/mol. The Morgan fingerprint density at radius 2 is 2.00 bits per heavy atom. The zero-order chi connectivity index (χ0) is 13.2. The van der Waals surface area contributed by atoms with Crippen molar-refractivity contribution >= 4 is 11.6 Å². The van der Waals surface area contributed by atoms with Crippen molar-refractivity contribution in [3.8, 4) is 5.75 Å². The lowest BCUT2D eigenvalue weighted by Crippen LogP contribution is -2.11. The molecule has 2 N–H and O–H groups in total. The monoisotopic (exact) mass is 275 g/mol. The Balaban J connectivity index is 1.77. The van der Waals surface area contributed by atoms with Crippen LogP contribution in [0.2, 0.25) is 5.02 Å². The summed E-state index contributed by atoms with van der Waals surface area (Å²) in [5.74, 6) is 0.727. The van der Waals surface area contributed by atoms with Crippen LogP contribution in [0.1, 0.15) is 22.9 Å². The number of rotatable bonds is 3. The molecule has 0 saturated carbocycles. The molecule has 1 aliphatic rings. The van der Waals surface area contributed by atoms with Crippen molar-refractivity contribution < 1.29 is 9.84 Å². The van der Waals surface area contributed by atoms with Gasteiger partial charge < -0.3 is 9.84 Å². The van der Waals surface area contributed by atoms with Crippen molar-refractivity contribution in [2.75, 3.05) is 0 Å². The van der Waals surface area contributed by atoms with E-state index in [0.717, 1.165) is 22.4 Å². The van der Waals surface area contributed by atoms with Gasteiger partial charge in [-0.1, -0.05) is 35.9 Å². The third-order valence-corrected chi connectivity index (χ3v) is 3.48. The van der Waals surface area contributed by atoms with Gasteiger partial charge in [-0.05, 0) is 29.3 Å². The van der Waals surface area contributed by atoms with Crippen molar-refractivity contribution in [1.82, 2.24) is 5.32 Å². The quantitative estimate of drug-likeness (QED) is 0.905. The number of hydrogen-bond donors (Lipinski definition) is 2. The van der Waals surface area contributed by atoms with Gasteiger partial charge in [0.05, 0.1) is 0 Å². The highest BCUT2D eigenvalue weighted by Crippen LogP contribution is 2.32. The maximum absolute atomic E-state index is 9.89. The van der Waals surface area contributed by atoms with Gasteiger partial charge in [-0.25, -0.2) is 0 Å². The van der Waals surface area contributed by atoms with Crippen LogP contribution in [-0.2, 0) is 13.2 Å². The molecule has 1 heterocycles. The molecule has 4 heteroatoms. The van der Waals surface area contributed by atoms with Crippen molar-refractivity contribution in [2.45, 2.75) is 19.4 Å². The topological polar surface area (TPSA) is 41.5 Å². The van der Waals surface area contributed by atoms with Gasteiger partial charge in [0, 0.05) is 17.1 Å². The minimum atomic E-state index is -0.642. The van der Waals surface area contributed by atoms with Crippen molar-refractivity contribution in [2.24, 2.45) is 0 Å². The second-order valence-corrected chi connectivity index (χ2v) is 4.96. The van der Waals surface area contributed by atoms with Crippen LogP contribution in [0.5, 0.6) is 5.75 Å². The van der Waals surface area contributed by atoms with Crippen LogP contribution in [0, 0.1) is 0 Å². The predicted octanol–water partition coefficient (Wildman–Crippen LogP) is 3.01. The standard InChI is InChI=1S/C15H14ClNO2/c16-12-6-4-10(5-7-12)9-19-13-3-1-2-11-8-17-15(18)14(11)13/h1-7,15,17-18H,8-9H2. The lowest BCUT2D eigenvalue weighted by Gasteiger charge is -2.12. The molecule has 0 saturated heterocycles. The largest absolute Gasteiger partial charge is 0.488 e. The molecule has 1 atom stereocenters. The van der Waals surface area contributed by atoms with E-state index in [1.165, 1.54) is 0 Å². The Hall–Kier alpha value is -1.55. The Morgan fingerprint density at radius 3 is 2.79 bits per heavy atom. The van der Waals surface area contributed by atoms with E-state index in [2.05, 4.69) is 5.32 Å². The first-order chi connectivity index (χ1) is 9.24. The minimum Gasteiger partial charge on any atom is -0.488 e.